The monoisotopic (exact) mass is 534 g/mol. The molecule has 0 saturated heterocycles. The highest BCUT2D eigenvalue weighted by atomic mass is 35.5. The molecule has 1 aliphatic rings. The number of benzene rings is 1. The minimum absolute atomic E-state index is 0.0846. The van der Waals surface area contributed by atoms with Gasteiger partial charge in [0.2, 0.25) is 5.91 Å². The quantitative estimate of drug-likeness (QED) is 0.294. The third-order valence-corrected chi connectivity index (χ3v) is 6.82. The lowest BCUT2D eigenvalue weighted by Gasteiger charge is -2.27. The Balaban J connectivity index is 1.55. The maximum Gasteiger partial charge on any atom is 0.248 e. The van der Waals surface area contributed by atoms with Crippen LogP contribution in [0.3, 0.4) is 0 Å². The van der Waals surface area contributed by atoms with Gasteiger partial charge in [-0.3, -0.25) is 9.48 Å². The molecule has 1 saturated carbocycles. The first-order valence-electron chi connectivity index (χ1n) is 12.2. The molecule has 194 valence electrons. The van der Waals surface area contributed by atoms with Gasteiger partial charge in [0.15, 0.2) is 11.7 Å². The van der Waals surface area contributed by atoms with Crippen molar-refractivity contribution in [2.24, 2.45) is 5.92 Å². The molecule has 8 nitrogen and oxygen atoms in total. The second-order valence-electron chi connectivity index (χ2n) is 10.1. The summed E-state index contributed by atoms with van der Waals surface area (Å²) in [6.45, 7) is 3.68. The molecule has 0 aliphatic heterocycles. The zero-order valence-electron chi connectivity index (χ0n) is 20.5. The van der Waals surface area contributed by atoms with E-state index in [9.17, 15) is 15.0 Å². The molecule has 1 atom stereocenters. The average Bonchev–Trinajstić information content (AvgIpc) is 3.39. The second-order valence-corrected chi connectivity index (χ2v) is 10.9. The van der Waals surface area contributed by atoms with Crippen LogP contribution in [0.5, 0.6) is 17.4 Å². The predicted octanol–water partition coefficient (Wildman–Crippen LogP) is 6.41. The lowest BCUT2D eigenvalue weighted by molar-refractivity contribution is -0.120. The molecule has 3 N–H and O–H groups in total. The Morgan fingerprint density at radius 1 is 1.22 bits per heavy atom. The van der Waals surface area contributed by atoms with E-state index in [1.807, 2.05) is 0 Å². The molecule has 2 heterocycles. The number of nitrogens with one attached hydrogen (secondary N) is 1. The molecule has 0 radical (unpaired) electrons. The fraction of sp³-hybridized carbons (Fsp3) is 0.462. The molecular formula is C26H32Cl2N4O4. The number of nitrogens with zero attached hydrogens (tertiary/aromatic N) is 3. The SMILES string of the molecule is CC(C)(O)Cn1ccc(NC(=O)[C@H](CC2CCCCC2)n2cc(Oc3ccc(Cl)cc3Cl)cc2O)n1. The first-order chi connectivity index (χ1) is 17.1. The first kappa shape index (κ1) is 26.4. The van der Waals surface area contributed by atoms with E-state index >= 15 is 0 Å². The number of halogens is 2. The average molecular weight is 535 g/mol. The Morgan fingerprint density at radius 3 is 2.67 bits per heavy atom. The second kappa shape index (κ2) is 11.2. The third-order valence-electron chi connectivity index (χ3n) is 6.28. The Kier molecular flexibility index (Phi) is 8.17. The molecule has 2 aromatic heterocycles. The van der Waals surface area contributed by atoms with Crippen LogP contribution in [0.4, 0.5) is 5.82 Å². The van der Waals surface area contributed by atoms with Crippen molar-refractivity contribution in [2.75, 3.05) is 5.32 Å². The van der Waals surface area contributed by atoms with Crippen molar-refractivity contribution in [1.29, 1.82) is 0 Å². The molecule has 0 bridgehead atoms. The number of hydrogen-bond acceptors (Lipinski definition) is 5. The van der Waals surface area contributed by atoms with E-state index in [1.54, 1.807) is 55.2 Å². The summed E-state index contributed by atoms with van der Waals surface area (Å²) in [5, 5.41) is 28.9. The van der Waals surface area contributed by atoms with Gasteiger partial charge >= 0.3 is 0 Å². The first-order valence-corrected chi connectivity index (χ1v) is 12.9. The van der Waals surface area contributed by atoms with Crippen LogP contribution in [-0.4, -0.2) is 36.1 Å². The fourth-order valence-corrected chi connectivity index (χ4v) is 5.09. The lowest BCUT2D eigenvalue weighted by Crippen LogP contribution is -2.29. The number of anilines is 1. The number of rotatable bonds is 9. The zero-order valence-corrected chi connectivity index (χ0v) is 22.0. The van der Waals surface area contributed by atoms with Gasteiger partial charge < -0.3 is 24.8 Å². The van der Waals surface area contributed by atoms with Crippen LogP contribution >= 0.6 is 23.2 Å². The fourth-order valence-electron chi connectivity index (χ4n) is 4.64. The van der Waals surface area contributed by atoms with Crippen molar-refractivity contribution < 1.29 is 19.7 Å². The molecule has 1 amide bonds. The Morgan fingerprint density at radius 2 is 1.97 bits per heavy atom. The molecule has 1 aliphatic carbocycles. The number of aliphatic hydroxyl groups is 1. The minimum Gasteiger partial charge on any atom is -0.494 e. The number of hydrogen-bond donors (Lipinski definition) is 3. The van der Waals surface area contributed by atoms with Crippen LogP contribution in [0.2, 0.25) is 10.0 Å². The number of aromatic nitrogens is 3. The number of aromatic hydroxyl groups is 1. The van der Waals surface area contributed by atoms with E-state index in [1.165, 1.54) is 17.1 Å². The van der Waals surface area contributed by atoms with Gasteiger partial charge in [-0.2, -0.15) is 5.10 Å². The largest absolute Gasteiger partial charge is 0.494 e. The molecule has 0 spiro atoms. The van der Waals surface area contributed by atoms with Crippen molar-refractivity contribution in [3.63, 3.8) is 0 Å². The van der Waals surface area contributed by atoms with Gasteiger partial charge in [-0.15, -0.1) is 0 Å². The van der Waals surface area contributed by atoms with Gasteiger partial charge in [0.05, 0.1) is 23.4 Å². The van der Waals surface area contributed by atoms with Crippen LogP contribution in [0.1, 0.15) is 58.4 Å². The van der Waals surface area contributed by atoms with Crippen molar-refractivity contribution in [3.8, 4) is 17.4 Å². The molecule has 0 unspecified atom stereocenters. The van der Waals surface area contributed by atoms with E-state index in [4.69, 9.17) is 27.9 Å². The van der Waals surface area contributed by atoms with Crippen LogP contribution in [-0.2, 0) is 11.3 Å². The summed E-state index contributed by atoms with van der Waals surface area (Å²) < 4.78 is 8.99. The molecule has 36 heavy (non-hydrogen) atoms. The van der Waals surface area contributed by atoms with Crippen molar-refractivity contribution >= 4 is 34.9 Å². The maximum absolute atomic E-state index is 13.5. The normalized spacial score (nSPS) is 15.6. The maximum atomic E-state index is 13.5. The van der Waals surface area contributed by atoms with Crippen LogP contribution in [0, 0.1) is 5.92 Å². The zero-order chi connectivity index (χ0) is 25.9. The van der Waals surface area contributed by atoms with Gasteiger partial charge in [-0.25, -0.2) is 0 Å². The molecule has 4 rings (SSSR count). The van der Waals surface area contributed by atoms with Crippen LogP contribution in [0.15, 0.2) is 42.7 Å². The van der Waals surface area contributed by atoms with Crippen molar-refractivity contribution in [1.82, 2.24) is 14.3 Å². The van der Waals surface area contributed by atoms with Gasteiger partial charge in [-0.05, 0) is 44.4 Å². The molecule has 3 aromatic rings. The van der Waals surface area contributed by atoms with E-state index < -0.39 is 11.6 Å². The third kappa shape index (κ3) is 6.96. The highest BCUT2D eigenvalue weighted by Crippen LogP contribution is 2.37. The highest BCUT2D eigenvalue weighted by molar-refractivity contribution is 6.35. The summed E-state index contributed by atoms with van der Waals surface area (Å²) in [5.74, 6) is 1.14. The van der Waals surface area contributed by atoms with Gasteiger partial charge in [-0.1, -0.05) is 55.3 Å². The number of carbonyl (C=O) groups is 1. The van der Waals surface area contributed by atoms with Gasteiger partial charge in [0.1, 0.15) is 17.5 Å². The van der Waals surface area contributed by atoms with Gasteiger partial charge in [0.25, 0.3) is 0 Å². The Labute approximate surface area is 220 Å². The Bertz CT molecular complexity index is 1200. The molecular weight excluding hydrogens is 503 g/mol. The molecule has 10 heteroatoms. The summed E-state index contributed by atoms with van der Waals surface area (Å²) in [4.78, 5) is 13.5. The standard InChI is InChI=1S/C26H32Cl2N4O4/c1-26(2,35)16-31-11-10-23(30-31)29-25(34)21(12-17-6-4-3-5-7-17)32-15-19(14-24(32)33)36-22-9-8-18(27)13-20(22)28/h8-11,13-15,17,21,33,35H,3-7,12,16H2,1-2H3,(H,29,30,34)/t21-/m0/s1. The van der Waals surface area contributed by atoms with Crippen LogP contribution in [0.25, 0.3) is 0 Å². The topological polar surface area (TPSA) is 102 Å². The van der Waals surface area contributed by atoms with E-state index in [0.29, 0.717) is 46.2 Å². The minimum atomic E-state index is -0.933. The molecule has 1 fully saturated rings. The van der Waals surface area contributed by atoms with Crippen LogP contribution < -0.4 is 10.1 Å². The number of carbonyl (C=O) groups excluding carboxylic acids is 1. The van der Waals surface area contributed by atoms with Crippen molar-refractivity contribution in [2.45, 2.75) is 70.6 Å². The lowest BCUT2D eigenvalue weighted by atomic mass is 9.84. The number of amides is 1. The van der Waals surface area contributed by atoms with E-state index in [-0.39, 0.29) is 11.8 Å². The molecule has 1 aromatic carbocycles. The summed E-state index contributed by atoms with van der Waals surface area (Å²) >= 11 is 12.2. The van der Waals surface area contributed by atoms with E-state index in [0.717, 1.165) is 25.7 Å². The van der Waals surface area contributed by atoms with Crippen molar-refractivity contribution in [3.05, 3.63) is 52.8 Å². The predicted molar refractivity (Wildman–Crippen MR) is 140 cm³/mol. The van der Waals surface area contributed by atoms with Gasteiger partial charge in [0, 0.05) is 23.4 Å². The summed E-state index contributed by atoms with van der Waals surface area (Å²) in [7, 11) is 0. The summed E-state index contributed by atoms with van der Waals surface area (Å²) in [6.07, 6.45) is 9.49. The van der Waals surface area contributed by atoms with E-state index in [2.05, 4.69) is 10.4 Å². The smallest absolute Gasteiger partial charge is 0.248 e. The highest BCUT2D eigenvalue weighted by Gasteiger charge is 2.29. The Hall–Kier alpha value is -2.68. The summed E-state index contributed by atoms with van der Waals surface area (Å²) in [6, 6.07) is 7.38. The summed E-state index contributed by atoms with van der Waals surface area (Å²) in [5.41, 5.74) is -0.933. The number of ether oxygens (including phenoxy) is 1.